The molecule has 4 rings (SSSR count). The van der Waals surface area contributed by atoms with Crippen LogP contribution in [0.4, 0.5) is 10.1 Å². The van der Waals surface area contributed by atoms with Gasteiger partial charge in [-0.05, 0) is 24.5 Å². The van der Waals surface area contributed by atoms with Crippen LogP contribution in [-0.2, 0) is 6.54 Å². The van der Waals surface area contributed by atoms with Gasteiger partial charge in [0.25, 0.3) is 0 Å². The standard InChI is InChI=1S/C15H22FN3.C4H10N2/c16-14-5-3-4-13(12-18-10-6-17-7-11-18)15(14)19-8-1-2-9-19;1-2-6-4-3-5-1/h3-5,17H,1-2,6-12H2;5-6H,1-4H2. The van der Waals surface area contributed by atoms with Crippen LogP contribution in [0.15, 0.2) is 18.2 Å². The van der Waals surface area contributed by atoms with E-state index in [0.717, 1.165) is 83.2 Å². The third kappa shape index (κ3) is 5.64. The summed E-state index contributed by atoms with van der Waals surface area (Å²) in [4.78, 5) is 4.62. The van der Waals surface area contributed by atoms with Crippen molar-refractivity contribution in [3.63, 3.8) is 0 Å². The Kier molecular flexibility index (Phi) is 7.48. The van der Waals surface area contributed by atoms with Crippen molar-refractivity contribution in [3.8, 4) is 0 Å². The van der Waals surface area contributed by atoms with Gasteiger partial charge in [0.1, 0.15) is 5.82 Å². The molecule has 0 amide bonds. The second-order valence-corrected chi connectivity index (χ2v) is 6.97. The molecule has 25 heavy (non-hydrogen) atoms. The van der Waals surface area contributed by atoms with Gasteiger partial charge in [-0.25, -0.2) is 4.39 Å². The number of piperazine rings is 2. The molecule has 6 heteroatoms. The van der Waals surface area contributed by atoms with Crippen LogP contribution < -0.4 is 20.9 Å². The molecule has 1 aromatic rings. The van der Waals surface area contributed by atoms with Gasteiger partial charge in [0, 0.05) is 72.0 Å². The molecular formula is C19H32FN5. The lowest BCUT2D eigenvalue weighted by Crippen LogP contribution is -2.43. The van der Waals surface area contributed by atoms with Crippen molar-refractivity contribution < 1.29 is 4.39 Å². The molecular weight excluding hydrogens is 317 g/mol. The van der Waals surface area contributed by atoms with Crippen molar-refractivity contribution >= 4 is 5.69 Å². The second kappa shape index (κ2) is 10.1. The molecule has 3 fully saturated rings. The van der Waals surface area contributed by atoms with Crippen LogP contribution in [0.1, 0.15) is 18.4 Å². The minimum absolute atomic E-state index is 0.0606. The molecule has 3 N–H and O–H groups in total. The molecule has 3 saturated heterocycles. The van der Waals surface area contributed by atoms with E-state index < -0.39 is 0 Å². The van der Waals surface area contributed by atoms with E-state index in [0.29, 0.717) is 0 Å². The Morgan fingerprint density at radius 1 is 0.800 bits per heavy atom. The van der Waals surface area contributed by atoms with Gasteiger partial charge in [0.15, 0.2) is 0 Å². The zero-order valence-corrected chi connectivity index (χ0v) is 15.2. The molecule has 140 valence electrons. The molecule has 1 aromatic carbocycles. The molecule has 0 unspecified atom stereocenters. The van der Waals surface area contributed by atoms with Gasteiger partial charge >= 0.3 is 0 Å². The molecule has 3 aliphatic heterocycles. The summed E-state index contributed by atoms with van der Waals surface area (Å²) in [5.41, 5.74) is 1.99. The summed E-state index contributed by atoms with van der Waals surface area (Å²) >= 11 is 0. The Balaban J connectivity index is 0.000000258. The van der Waals surface area contributed by atoms with Gasteiger partial charge in [0.05, 0.1) is 5.69 Å². The van der Waals surface area contributed by atoms with Crippen LogP contribution in [0.3, 0.4) is 0 Å². The molecule has 0 bridgehead atoms. The molecule has 0 aromatic heterocycles. The minimum Gasteiger partial charge on any atom is -0.369 e. The molecule has 0 spiro atoms. The Morgan fingerprint density at radius 2 is 1.40 bits per heavy atom. The van der Waals surface area contributed by atoms with Crippen LogP contribution in [0.5, 0.6) is 0 Å². The van der Waals surface area contributed by atoms with Gasteiger partial charge in [-0.15, -0.1) is 0 Å². The highest BCUT2D eigenvalue weighted by Crippen LogP contribution is 2.28. The number of nitrogens with zero attached hydrogens (tertiary/aromatic N) is 2. The Bertz CT molecular complexity index is 497. The molecule has 5 nitrogen and oxygen atoms in total. The summed E-state index contributed by atoms with van der Waals surface area (Å²) in [5, 5.41) is 9.80. The first-order valence-electron chi connectivity index (χ1n) is 9.71. The monoisotopic (exact) mass is 349 g/mol. The van der Waals surface area contributed by atoms with Crippen molar-refractivity contribution in [1.82, 2.24) is 20.9 Å². The van der Waals surface area contributed by atoms with E-state index >= 15 is 0 Å². The van der Waals surface area contributed by atoms with E-state index in [1.54, 1.807) is 6.07 Å². The number of hydrogen-bond donors (Lipinski definition) is 3. The molecule has 0 saturated carbocycles. The lowest BCUT2D eigenvalue weighted by Gasteiger charge is -2.29. The summed E-state index contributed by atoms with van der Waals surface area (Å²) in [6.45, 7) is 11.6. The van der Waals surface area contributed by atoms with Crippen LogP contribution in [0.2, 0.25) is 0 Å². The lowest BCUT2D eigenvalue weighted by atomic mass is 10.1. The van der Waals surface area contributed by atoms with Gasteiger partial charge < -0.3 is 20.9 Å². The van der Waals surface area contributed by atoms with Crippen LogP contribution in [0, 0.1) is 5.82 Å². The average molecular weight is 349 g/mol. The second-order valence-electron chi connectivity index (χ2n) is 6.97. The molecule has 0 atom stereocenters. The molecule has 3 heterocycles. The van der Waals surface area contributed by atoms with Crippen molar-refractivity contribution in [2.75, 3.05) is 70.3 Å². The van der Waals surface area contributed by atoms with E-state index in [1.807, 2.05) is 6.07 Å². The number of nitrogens with one attached hydrogen (secondary N) is 3. The van der Waals surface area contributed by atoms with E-state index in [9.17, 15) is 4.39 Å². The van der Waals surface area contributed by atoms with Crippen molar-refractivity contribution in [3.05, 3.63) is 29.6 Å². The van der Waals surface area contributed by atoms with E-state index in [-0.39, 0.29) is 5.82 Å². The number of para-hydroxylation sites is 1. The first kappa shape index (κ1) is 18.6. The zero-order chi connectivity index (χ0) is 17.3. The van der Waals surface area contributed by atoms with Crippen molar-refractivity contribution in [2.45, 2.75) is 19.4 Å². The smallest absolute Gasteiger partial charge is 0.146 e. The number of halogens is 1. The number of rotatable bonds is 3. The third-order valence-corrected chi connectivity index (χ3v) is 5.05. The largest absolute Gasteiger partial charge is 0.369 e. The number of hydrogen-bond acceptors (Lipinski definition) is 5. The first-order chi connectivity index (χ1) is 12.3. The van der Waals surface area contributed by atoms with Crippen LogP contribution >= 0.6 is 0 Å². The summed E-state index contributed by atoms with van der Waals surface area (Å²) in [6, 6.07) is 5.51. The van der Waals surface area contributed by atoms with Crippen molar-refractivity contribution in [1.29, 1.82) is 0 Å². The highest BCUT2D eigenvalue weighted by molar-refractivity contribution is 5.55. The van der Waals surface area contributed by atoms with Crippen LogP contribution in [-0.4, -0.2) is 70.3 Å². The maximum absolute atomic E-state index is 14.2. The summed E-state index contributed by atoms with van der Waals surface area (Å²) in [5.74, 6) is -0.0606. The van der Waals surface area contributed by atoms with E-state index in [2.05, 4.69) is 31.8 Å². The highest BCUT2D eigenvalue weighted by Gasteiger charge is 2.21. The van der Waals surface area contributed by atoms with Gasteiger partial charge in [-0.1, -0.05) is 12.1 Å². The Hall–Kier alpha value is -1.21. The maximum Gasteiger partial charge on any atom is 0.146 e. The molecule has 0 aliphatic carbocycles. The summed E-state index contributed by atoms with van der Waals surface area (Å²) in [7, 11) is 0. The summed E-state index contributed by atoms with van der Waals surface area (Å²) in [6.07, 6.45) is 2.36. The average Bonchev–Trinajstić information content (AvgIpc) is 3.19. The number of anilines is 1. The molecule has 3 aliphatic rings. The fraction of sp³-hybridized carbons (Fsp3) is 0.684. The van der Waals surface area contributed by atoms with Crippen LogP contribution in [0.25, 0.3) is 0 Å². The first-order valence-corrected chi connectivity index (χ1v) is 9.71. The van der Waals surface area contributed by atoms with Gasteiger partial charge in [-0.3, -0.25) is 4.90 Å². The van der Waals surface area contributed by atoms with Crippen molar-refractivity contribution in [2.24, 2.45) is 0 Å². The maximum atomic E-state index is 14.2. The topological polar surface area (TPSA) is 42.6 Å². The third-order valence-electron chi connectivity index (χ3n) is 5.05. The Morgan fingerprint density at radius 3 is 2.00 bits per heavy atom. The predicted molar refractivity (Wildman–Crippen MR) is 102 cm³/mol. The van der Waals surface area contributed by atoms with E-state index in [4.69, 9.17) is 0 Å². The fourth-order valence-electron chi connectivity index (χ4n) is 3.70. The number of benzene rings is 1. The van der Waals surface area contributed by atoms with E-state index in [1.165, 1.54) is 12.8 Å². The minimum atomic E-state index is -0.0606. The zero-order valence-electron chi connectivity index (χ0n) is 15.2. The fourth-order valence-corrected chi connectivity index (χ4v) is 3.70. The lowest BCUT2D eigenvalue weighted by molar-refractivity contribution is 0.233. The highest BCUT2D eigenvalue weighted by atomic mass is 19.1. The predicted octanol–water partition coefficient (Wildman–Crippen LogP) is 1.01. The normalized spacial score (nSPS) is 21.7. The summed E-state index contributed by atoms with van der Waals surface area (Å²) < 4.78 is 14.2. The van der Waals surface area contributed by atoms with Gasteiger partial charge in [-0.2, -0.15) is 0 Å². The van der Waals surface area contributed by atoms with Gasteiger partial charge in [0.2, 0.25) is 0 Å². The SMILES string of the molecule is C1CNCCN1.Fc1cccc(CN2CCNCC2)c1N1CCCC1. The molecule has 0 radical (unpaired) electrons. The Labute approximate surface area is 150 Å². The quantitative estimate of drug-likeness (QED) is 0.760.